The molecule has 0 fully saturated rings. The molecule has 74 valence electrons. The van der Waals surface area contributed by atoms with Crippen LogP contribution in [0.3, 0.4) is 0 Å². The molecule has 1 heteroatoms. The summed E-state index contributed by atoms with van der Waals surface area (Å²) in [4.78, 5) is 0. The van der Waals surface area contributed by atoms with E-state index in [1.807, 2.05) is 12.2 Å². The molecule has 0 aromatic heterocycles. The average molecular weight is 187 g/mol. The summed E-state index contributed by atoms with van der Waals surface area (Å²) in [6, 6.07) is 2.21. The van der Waals surface area contributed by atoms with Gasteiger partial charge in [-0.05, 0) is 6.08 Å². The monoisotopic (exact) mass is 187 g/mol. The van der Waals surface area contributed by atoms with Gasteiger partial charge in [0.05, 0.1) is 6.07 Å². The Bertz CT molecular complexity index is 346. The number of nitrogens with zero attached hydrogens (tertiary/aromatic N) is 1. The van der Waals surface area contributed by atoms with Crippen molar-refractivity contribution in [2.75, 3.05) is 0 Å². The van der Waals surface area contributed by atoms with E-state index in [4.69, 9.17) is 5.26 Å². The second-order valence-corrected chi connectivity index (χ2v) is 5.02. The predicted octanol–water partition coefficient (Wildman–Crippen LogP) is 3.61. The molecular weight excluding hydrogens is 170 g/mol. The van der Waals surface area contributed by atoms with Crippen LogP contribution in [0.5, 0.6) is 0 Å². The lowest BCUT2D eigenvalue weighted by atomic mass is 9.82. The summed E-state index contributed by atoms with van der Waals surface area (Å²) >= 11 is 0. The Balaban J connectivity index is 3.19. The molecule has 14 heavy (non-hydrogen) atoms. The maximum absolute atomic E-state index is 8.92. The van der Waals surface area contributed by atoms with Crippen molar-refractivity contribution in [1.82, 2.24) is 0 Å². The van der Waals surface area contributed by atoms with E-state index in [2.05, 4.69) is 52.0 Å². The smallest absolute Gasteiger partial charge is 0.0988 e. The van der Waals surface area contributed by atoms with E-state index in [1.54, 1.807) is 0 Å². The highest BCUT2D eigenvalue weighted by molar-refractivity contribution is 5.38. The van der Waals surface area contributed by atoms with Crippen LogP contribution in [0.4, 0.5) is 0 Å². The summed E-state index contributed by atoms with van der Waals surface area (Å²) in [6.45, 7) is 8.49. The Morgan fingerprint density at radius 1 is 1.00 bits per heavy atom. The Hall–Kier alpha value is -1.29. The molecule has 0 bridgehead atoms. The minimum atomic E-state index is -0.0346. The highest BCUT2D eigenvalue weighted by Crippen LogP contribution is 2.29. The molecule has 0 heterocycles. The molecule has 0 saturated heterocycles. The van der Waals surface area contributed by atoms with Crippen LogP contribution in [0, 0.1) is 22.2 Å². The molecule has 1 aliphatic rings. The normalized spacial score (nSPS) is 23.2. The number of rotatable bonds is 0. The molecule has 0 aromatic rings. The highest BCUT2D eigenvalue weighted by atomic mass is 14.3. The summed E-state index contributed by atoms with van der Waals surface area (Å²) in [5.41, 5.74) is 0.744. The van der Waals surface area contributed by atoms with Gasteiger partial charge in [0.25, 0.3) is 0 Å². The Morgan fingerprint density at radius 3 is 2.14 bits per heavy atom. The summed E-state index contributed by atoms with van der Waals surface area (Å²) in [6.07, 6.45) is 10.3. The first-order chi connectivity index (χ1) is 6.35. The molecule has 0 spiro atoms. The zero-order chi connectivity index (χ0) is 10.8. The Morgan fingerprint density at radius 2 is 1.57 bits per heavy atom. The van der Waals surface area contributed by atoms with Gasteiger partial charge >= 0.3 is 0 Å². The SMILES string of the molecule is CC1(C)C=CC(C#N)=CC(C)(C)C=C1. The average Bonchev–Trinajstić information content (AvgIpc) is 2.08. The first-order valence-electron chi connectivity index (χ1n) is 4.87. The van der Waals surface area contributed by atoms with E-state index in [0.29, 0.717) is 0 Å². The third-order valence-electron chi connectivity index (χ3n) is 2.29. The molecule has 0 unspecified atom stereocenters. The maximum atomic E-state index is 8.92. The lowest BCUT2D eigenvalue weighted by molar-refractivity contribution is 0.574. The van der Waals surface area contributed by atoms with Crippen molar-refractivity contribution in [3.63, 3.8) is 0 Å². The van der Waals surface area contributed by atoms with Gasteiger partial charge in [0.1, 0.15) is 0 Å². The van der Waals surface area contributed by atoms with Crippen LogP contribution in [0.2, 0.25) is 0 Å². The Labute approximate surface area is 86.4 Å². The lowest BCUT2D eigenvalue weighted by Crippen LogP contribution is -2.10. The minimum absolute atomic E-state index is 0.0346. The summed E-state index contributed by atoms with van der Waals surface area (Å²) < 4.78 is 0. The van der Waals surface area contributed by atoms with Gasteiger partial charge in [0.15, 0.2) is 0 Å². The van der Waals surface area contributed by atoms with Crippen LogP contribution in [0.25, 0.3) is 0 Å². The molecule has 0 saturated carbocycles. The molecule has 0 amide bonds. The molecule has 0 aliphatic heterocycles. The zero-order valence-corrected chi connectivity index (χ0v) is 9.33. The lowest BCUT2D eigenvalue weighted by Gasteiger charge is -2.22. The molecule has 0 radical (unpaired) electrons. The first-order valence-corrected chi connectivity index (χ1v) is 4.87. The third kappa shape index (κ3) is 2.88. The van der Waals surface area contributed by atoms with Crippen molar-refractivity contribution >= 4 is 0 Å². The molecule has 1 nitrogen and oxygen atoms in total. The van der Waals surface area contributed by atoms with Crippen molar-refractivity contribution in [1.29, 1.82) is 5.26 Å². The topological polar surface area (TPSA) is 23.8 Å². The molecule has 1 aliphatic carbocycles. The van der Waals surface area contributed by atoms with Crippen LogP contribution in [-0.4, -0.2) is 0 Å². The first kappa shape index (κ1) is 10.8. The van der Waals surface area contributed by atoms with Gasteiger partial charge in [-0.1, -0.05) is 52.0 Å². The largest absolute Gasteiger partial charge is 0.192 e. The highest BCUT2D eigenvalue weighted by Gasteiger charge is 2.17. The van der Waals surface area contributed by atoms with Crippen LogP contribution < -0.4 is 0 Å². The minimum Gasteiger partial charge on any atom is -0.192 e. The van der Waals surface area contributed by atoms with Crippen molar-refractivity contribution in [2.45, 2.75) is 27.7 Å². The van der Waals surface area contributed by atoms with Gasteiger partial charge in [-0.2, -0.15) is 5.26 Å². The molecule has 0 N–H and O–H groups in total. The second kappa shape index (κ2) is 3.46. The fraction of sp³-hybridized carbons (Fsp3) is 0.462. The van der Waals surface area contributed by atoms with Crippen molar-refractivity contribution in [3.8, 4) is 6.07 Å². The van der Waals surface area contributed by atoms with Gasteiger partial charge < -0.3 is 0 Å². The summed E-state index contributed by atoms with van der Waals surface area (Å²) in [5.74, 6) is 0. The van der Waals surface area contributed by atoms with E-state index in [0.717, 1.165) is 5.57 Å². The van der Waals surface area contributed by atoms with E-state index in [1.165, 1.54) is 0 Å². The quantitative estimate of drug-likeness (QED) is 0.531. The van der Waals surface area contributed by atoms with Gasteiger partial charge in [-0.3, -0.25) is 0 Å². The Kier molecular flexibility index (Phi) is 2.66. The number of nitriles is 1. The van der Waals surface area contributed by atoms with Crippen molar-refractivity contribution < 1.29 is 0 Å². The van der Waals surface area contributed by atoms with Gasteiger partial charge in [0.2, 0.25) is 0 Å². The fourth-order valence-corrected chi connectivity index (χ4v) is 1.36. The zero-order valence-electron chi connectivity index (χ0n) is 9.33. The predicted molar refractivity (Wildman–Crippen MR) is 59.5 cm³/mol. The summed E-state index contributed by atoms with van der Waals surface area (Å²) in [5, 5.41) is 8.92. The second-order valence-electron chi connectivity index (χ2n) is 5.02. The van der Waals surface area contributed by atoms with Gasteiger partial charge in [-0.15, -0.1) is 0 Å². The van der Waals surface area contributed by atoms with Crippen molar-refractivity contribution in [2.24, 2.45) is 10.8 Å². The molecule has 0 aromatic carbocycles. The van der Waals surface area contributed by atoms with E-state index in [-0.39, 0.29) is 10.8 Å². The standard InChI is InChI=1S/C13H17N/c1-12(2)6-5-11(10-14)9-13(3,4)8-7-12/h5-9H,1-4H3. The maximum Gasteiger partial charge on any atom is 0.0988 e. The van der Waals surface area contributed by atoms with Gasteiger partial charge in [-0.25, -0.2) is 0 Å². The molecule has 1 rings (SSSR count). The van der Waals surface area contributed by atoms with Crippen LogP contribution in [-0.2, 0) is 0 Å². The van der Waals surface area contributed by atoms with Crippen LogP contribution in [0.15, 0.2) is 36.0 Å². The molecule has 0 atom stereocenters. The van der Waals surface area contributed by atoms with E-state index in [9.17, 15) is 0 Å². The fourth-order valence-electron chi connectivity index (χ4n) is 1.36. The van der Waals surface area contributed by atoms with Crippen LogP contribution in [0.1, 0.15) is 27.7 Å². The van der Waals surface area contributed by atoms with Crippen LogP contribution >= 0.6 is 0 Å². The number of allylic oxidation sites excluding steroid dienone is 6. The summed E-state index contributed by atoms with van der Waals surface area (Å²) in [7, 11) is 0. The number of hydrogen-bond donors (Lipinski definition) is 0. The number of hydrogen-bond acceptors (Lipinski definition) is 1. The van der Waals surface area contributed by atoms with E-state index >= 15 is 0 Å². The van der Waals surface area contributed by atoms with E-state index < -0.39 is 0 Å². The van der Waals surface area contributed by atoms with Gasteiger partial charge in [0, 0.05) is 16.4 Å². The third-order valence-corrected chi connectivity index (χ3v) is 2.29. The van der Waals surface area contributed by atoms with Crippen molar-refractivity contribution in [3.05, 3.63) is 36.0 Å². The molecular formula is C13H17N.